The number of methoxy groups -OCH3 is 5. The first-order valence-electron chi connectivity index (χ1n) is 18.2. The van der Waals surface area contributed by atoms with E-state index in [1.807, 2.05) is 66.7 Å². The molecule has 0 N–H and O–H groups in total. The van der Waals surface area contributed by atoms with Crippen LogP contribution in [0, 0.1) is 0 Å². The second kappa shape index (κ2) is 18.6. The van der Waals surface area contributed by atoms with Gasteiger partial charge in [0.05, 0.1) is 35.5 Å². The van der Waals surface area contributed by atoms with Gasteiger partial charge < -0.3 is 33.2 Å². The van der Waals surface area contributed by atoms with E-state index in [0.717, 1.165) is 72.6 Å². The standard InChI is InChI=1S/C47H48O7/c1-48-39-14-6-10-33(24-39)18-20-35-12-8-16-41(26-35)53-43-28-37(22-23-38-30-45(50-3)47(52-5)46(31-38)51-4)29-44(32-43)54-42-17-9-13-36(27-42)21-19-34-11-7-15-40(25-34)49-2/h6-17,24-32H,18-23H2,1-5H3. The summed E-state index contributed by atoms with van der Waals surface area (Å²) in [5.74, 6) is 6.51. The summed E-state index contributed by atoms with van der Waals surface area (Å²) in [6, 6.07) is 43.1. The molecule has 7 heteroatoms. The van der Waals surface area contributed by atoms with Gasteiger partial charge in [-0.3, -0.25) is 0 Å². The Balaban J connectivity index is 1.22. The maximum Gasteiger partial charge on any atom is 0.203 e. The molecule has 0 aliphatic carbocycles. The van der Waals surface area contributed by atoms with E-state index in [2.05, 4.69) is 60.7 Å². The van der Waals surface area contributed by atoms with Gasteiger partial charge in [-0.15, -0.1) is 0 Å². The Morgan fingerprint density at radius 1 is 0.296 bits per heavy atom. The lowest BCUT2D eigenvalue weighted by Gasteiger charge is -2.15. The van der Waals surface area contributed by atoms with Gasteiger partial charge in [-0.2, -0.15) is 0 Å². The monoisotopic (exact) mass is 724 g/mol. The second-order valence-electron chi connectivity index (χ2n) is 13.0. The highest BCUT2D eigenvalue weighted by molar-refractivity contribution is 5.54. The fourth-order valence-corrected chi connectivity index (χ4v) is 6.50. The van der Waals surface area contributed by atoms with Crippen molar-refractivity contribution in [1.82, 2.24) is 0 Å². The third-order valence-corrected chi connectivity index (χ3v) is 9.31. The average Bonchev–Trinajstić information content (AvgIpc) is 3.21. The van der Waals surface area contributed by atoms with E-state index in [-0.39, 0.29) is 0 Å². The molecule has 278 valence electrons. The zero-order chi connectivity index (χ0) is 37.7. The Bertz CT molecular complexity index is 2000. The van der Waals surface area contributed by atoms with Crippen LogP contribution in [0.1, 0.15) is 33.4 Å². The lowest BCUT2D eigenvalue weighted by molar-refractivity contribution is 0.324. The zero-order valence-electron chi connectivity index (χ0n) is 31.7. The molecule has 0 atom stereocenters. The Hall–Kier alpha value is -6.08. The van der Waals surface area contributed by atoms with Crippen LogP contribution in [0.4, 0.5) is 0 Å². The number of benzene rings is 6. The maximum absolute atomic E-state index is 6.55. The van der Waals surface area contributed by atoms with Crippen molar-refractivity contribution >= 4 is 0 Å². The molecule has 6 rings (SSSR count). The molecule has 7 nitrogen and oxygen atoms in total. The minimum atomic E-state index is 0.575. The molecule has 0 spiro atoms. The van der Waals surface area contributed by atoms with E-state index in [9.17, 15) is 0 Å². The number of aryl methyl sites for hydroxylation is 6. The van der Waals surface area contributed by atoms with Gasteiger partial charge in [0.1, 0.15) is 34.5 Å². The lowest BCUT2D eigenvalue weighted by atomic mass is 10.0. The van der Waals surface area contributed by atoms with E-state index in [1.165, 1.54) is 22.3 Å². The molecule has 6 aromatic carbocycles. The van der Waals surface area contributed by atoms with E-state index in [4.69, 9.17) is 33.2 Å². The third-order valence-electron chi connectivity index (χ3n) is 9.31. The average molecular weight is 725 g/mol. The Morgan fingerprint density at radius 3 is 1.00 bits per heavy atom. The van der Waals surface area contributed by atoms with Gasteiger partial charge in [0.2, 0.25) is 5.75 Å². The molecule has 0 radical (unpaired) electrons. The van der Waals surface area contributed by atoms with Crippen LogP contribution < -0.4 is 33.2 Å². The minimum absolute atomic E-state index is 0.575. The summed E-state index contributed by atoms with van der Waals surface area (Å²) in [6.45, 7) is 0. The fraction of sp³-hybridized carbons (Fsp3) is 0.234. The topological polar surface area (TPSA) is 64.6 Å². The SMILES string of the molecule is COc1cccc(CCc2cccc(Oc3cc(CCc4cc(OC)c(OC)c(OC)c4)cc(Oc4cccc(CCc5cccc(OC)c5)c4)c3)c2)c1. The van der Waals surface area contributed by atoms with E-state index in [0.29, 0.717) is 28.7 Å². The van der Waals surface area contributed by atoms with Crippen molar-refractivity contribution in [2.75, 3.05) is 35.5 Å². The Morgan fingerprint density at radius 2 is 0.630 bits per heavy atom. The number of hydrogen-bond acceptors (Lipinski definition) is 7. The van der Waals surface area contributed by atoms with Crippen LogP contribution in [0.3, 0.4) is 0 Å². The van der Waals surface area contributed by atoms with Crippen LogP contribution >= 0.6 is 0 Å². The molecule has 0 amide bonds. The summed E-state index contributed by atoms with van der Waals surface area (Å²) in [7, 11) is 8.27. The van der Waals surface area contributed by atoms with Crippen molar-refractivity contribution in [3.63, 3.8) is 0 Å². The van der Waals surface area contributed by atoms with E-state index < -0.39 is 0 Å². The molecule has 6 aromatic rings. The smallest absolute Gasteiger partial charge is 0.203 e. The highest BCUT2D eigenvalue weighted by Gasteiger charge is 2.14. The van der Waals surface area contributed by atoms with Crippen LogP contribution in [0.5, 0.6) is 51.7 Å². The molecular formula is C47H48O7. The summed E-state index contributed by atoms with van der Waals surface area (Å²) in [5, 5.41) is 0. The fourth-order valence-electron chi connectivity index (χ4n) is 6.50. The van der Waals surface area contributed by atoms with Gasteiger partial charge in [0.15, 0.2) is 11.5 Å². The zero-order valence-corrected chi connectivity index (χ0v) is 31.7. The summed E-state index contributed by atoms with van der Waals surface area (Å²) >= 11 is 0. The van der Waals surface area contributed by atoms with Crippen molar-refractivity contribution in [2.24, 2.45) is 0 Å². The van der Waals surface area contributed by atoms with Crippen molar-refractivity contribution in [2.45, 2.75) is 38.5 Å². The molecule has 0 bridgehead atoms. The molecule has 0 unspecified atom stereocenters. The number of hydrogen-bond donors (Lipinski definition) is 0. The number of rotatable bonds is 18. The third kappa shape index (κ3) is 10.3. The minimum Gasteiger partial charge on any atom is -0.497 e. The molecule has 54 heavy (non-hydrogen) atoms. The predicted octanol–water partition coefficient (Wildman–Crippen LogP) is 10.7. The first-order valence-corrected chi connectivity index (χ1v) is 18.2. The molecule has 0 saturated carbocycles. The first kappa shape index (κ1) is 37.7. The normalized spacial score (nSPS) is 10.8. The van der Waals surface area contributed by atoms with Gasteiger partial charge >= 0.3 is 0 Å². The van der Waals surface area contributed by atoms with Crippen LogP contribution in [-0.4, -0.2) is 35.5 Å². The molecule has 0 aliphatic rings. The van der Waals surface area contributed by atoms with Gasteiger partial charge in [0.25, 0.3) is 0 Å². The quantitative estimate of drug-likeness (QED) is 0.0874. The van der Waals surface area contributed by atoms with Gasteiger partial charge in [-0.25, -0.2) is 0 Å². The predicted molar refractivity (Wildman–Crippen MR) is 214 cm³/mol. The highest BCUT2D eigenvalue weighted by Crippen LogP contribution is 2.39. The van der Waals surface area contributed by atoms with Crippen molar-refractivity contribution in [1.29, 1.82) is 0 Å². The Labute approximate surface area is 319 Å². The molecule has 0 saturated heterocycles. The van der Waals surface area contributed by atoms with Gasteiger partial charge in [-0.1, -0.05) is 48.5 Å². The number of ether oxygens (including phenoxy) is 7. The summed E-state index contributed by atoms with van der Waals surface area (Å²) in [6.07, 6.45) is 5.01. The van der Waals surface area contributed by atoms with E-state index in [1.54, 1.807) is 35.5 Å². The molecular weight excluding hydrogens is 677 g/mol. The maximum atomic E-state index is 6.55. The van der Waals surface area contributed by atoms with E-state index >= 15 is 0 Å². The summed E-state index contributed by atoms with van der Waals surface area (Å²) in [4.78, 5) is 0. The van der Waals surface area contributed by atoms with Crippen LogP contribution in [0.25, 0.3) is 0 Å². The first-order chi connectivity index (χ1) is 26.4. The van der Waals surface area contributed by atoms with Crippen LogP contribution in [0.2, 0.25) is 0 Å². The van der Waals surface area contributed by atoms with Crippen molar-refractivity contribution in [3.05, 3.63) is 161 Å². The molecule has 0 aliphatic heterocycles. The summed E-state index contributed by atoms with van der Waals surface area (Å²) < 4.78 is 40.7. The van der Waals surface area contributed by atoms with Crippen LogP contribution in [-0.2, 0) is 38.5 Å². The molecule has 0 fully saturated rings. The summed E-state index contributed by atoms with van der Waals surface area (Å²) in [5.41, 5.74) is 6.97. The van der Waals surface area contributed by atoms with Gasteiger partial charge in [-0.05, 0) is 145 Å². The molecule has 0 heterocycles. The van der Waals surface area contributed by atoms with Crippen molar-refractivity contribution in [3.8, 4) is 51.7 Å². The highest BCUT2D eigenvalue weighted by atomic mass is 16.5. The van der Waals surface area contributed by atoms with Crippen LogP contribution in [0.15, 0.2) is 127 Å². The molecule has 0 aromatic heterocycles. The lowest BCUT2D eigenvalue weighted by Crippen LogP contribution is -1.99. The van der Waals surface area contributed by atoms with Gasteiger partial charge in [0, 0.05) is 6.07 Å². The Kier molecular flexibility index (Phi) is 13.0. The largest absolute Gasteiger partial charge is 0.497 e. The van der Waals surface area contributed by atoms with Crippen molar-refractivity contribution < 1.29 is 33.2 Å². The second-order valence-corrected chi connectivity index (χ2v) is 13.0.